The first-order valence-corrected chi connectivity index (χ1v) is 20.7. The van der Waals surface area contributed by atoms with Crippen molar-refractivity contribution in [3.05, 3.63) is 106 Å². The molecule has 1 saturated heterocycles. The number of ether oxygens (including phenoxy) is 2. The minimum atomic E-state index is -2.12. The van der Waals surface area contributed by atoms with E-state index in [2.05, 4.69) is 71.6 Å². The second kappa shape index (κ2) is 16.8. The molecule has 0 amide bonds. The summed E-state index contributed by atoms with van der Waals surface area (Å²) in [5, 5.41) is 24.1. The first-order chi connectivity index (χ1) is 27.1. The van der Waals surface area contributed by atoms with Gasteiger partial charge in [-0.2, -0.15) is 0 Å². The fourth-order valence-electron chi connectivity index (χ4n) is 9.89. The van der Waals surface area contributed by atoms with E-state index in [1.54, 1.807) is 6.07 Å². The number of ketones is 2. The Morgan fingerprint density at radius 2 is 2.00 bits per heavy atom. The van der Waals surface area contributed by atoms with E-state index in [9.17, 15) is 14.7 Å². The van der Waals surface area contributed by atoms with Crippen LogP contribution in [0.15, 0.2) is 89.3 Å². The average Bonchev–Trinajstić information content (AvgIpc) is 3.91. The van der Waals surface area contributed by atoms with Gasteiger partial charge in [0.05, 0.1) is 19.9 Å². The predicted octanol–water partition coefficient (Wildman–Crippen LogP) is 5.77. The molecule has 2 aliphatic heterocycles. The van der Waals surface area contributed by atoms with Crippen LogP contribution in [0.1, 0.15) is 98.4 Å². The summed E-state index contributed by atoms with van der Waals surface area (Å²) in [7, 11) is 1.88. The maximum atomic E-state index is 15.1. The molecule has 2 heterocycles. The van der Waals surface area contributed by atoms with Gasteiger partial charge < -0.3 is 35.8 Å². The zero-order valence-electron chi connectivity index (χ0n) is 33.5. The third-order valence-corrected chi connectivity index (χ3v) is 13.2. The molecule has 4 aliphatic carbocycles. The second-order valence-corrected chi connectivity index (χ2v) is 17.0. The maximum Gasteiger partial charge on any atom is 0.350 e. The highest BCUT2D eigenvalue weighted by atomic mass is 16.7. The Hall–Kier alpha value is -4.09. The Morgan fingerprint density at radius 3 is 2.77 bits per heavy atom. The molecule has 0 radical (unpaired) electrons. The zero-order chi connectivity index (χ0) is 39.5. The minimum absolute atomic E-state index is 0.0713. The standard InChI is InChI=1S/C46H60N4O6/c1-5-48-38-24-33-13-8-7-12-32(33)23-35(38)28-55-43(54)46-42(53)40-34(25-44(3)19-9-6-10-20-44)14-11-15-37(40)41(52)45(46,56-46)26-36(27-51)30(2)16-17-31-18-21-49-39(22-31)50-29-47-4/h6,8-11,13-15,18-19,22,32-33,35,38,47-51H,5,7,12,16-17,20-21,23-29H2,1-4H3. The van der Waals surface area contributed by atoms with Gasteiger partial charge in [-0.1, -0.05) is 80.2 Å². The molecule has 5 N–H and O–H groups in total. The summed E-state index contributed by atoms with van der Waals surface area (Å²) in [5.74, 6) is 0.318. The van der Waals surface area contributed by atoms with Crippen LogP contribution in [0.4, 0.5) is 0 Å². The highest BCUT2D eigenvalue weighted by molar-refractivity contribution is 6.33. The van der Waals surface area contributed by atoms with Crippen molar-refractivity contribution in [2.75, 3.05) is 40.0 Å². The molecule has 6 aliphatic rings. The lowest BCUT2D eigenvalue weighted by molar-refractivity contribution is -0.150. The number of nitrogens with one attached hydrogen (secondary N) is 4. The number of aliphatic hydroxyl groups is 1. The van der Waals surface area contributed by atoms with Crippen molar-refractivity contribution < 1.29 is 29.0 Å². The van der Waals surface area contributed by atoms with Gasteiger partial charge in [-0.25, -0.2) is 4.79 Å². The zero-order valence-corrected chi connectivity index (χ0v) is 33.5. The topological polar surface area (TPSA) is 141 Å². The molecular weight excluding hydrogens is 705 g/mol. The van der Waals surface area contributed by atoms with E-state index in [-0.39, 0.29) is 48.1 Å². The van der Waals surface area contributed by atoms with E-state index in [1.165, 1.54) is 0 Å². The van der Waals surface area contributed by atoms with Crippen LogP contribution in [0.2, 0.25) is 0 Å². The van der Waals surface area contributed by atoms with Crippen molar-refractivity contribution in [3.63, 3.8) is 0 Å². The van der Waals surface area contributed by atoms with E-state index >= 15 is 4.79 Å². The van der Waals surface area contributed by atoms with Crippen molar-refractivity contribution in [2.24, 2.45) is 23.2 Å². The Bertz CT molecular complexity index is 1890. The monoisotopic (exact) mass is 764 g/mol. The van der Waals surface area contributed by atoms with Gasteiger partial charge in [0.25, 0.3) is 5.60 Å². The van der Waals surface area contributed by atoms with Crippen molar-refractivity contribution in [1.82, 2.24) is 21.3 Å². The number of dihydropyridines is 1. The van der Waals surface area contributed by atoms with Crippen molar-refractivity contribution in [2.45, 2.75) is 95.8 Å². The summed E-state index contributed by atoms with van der Waals surface area (Å²) in [6, 6.07) is 5.55. The normalized spacial score (nSPS) is 31.9. The molecule has 56 heavy (non-hydrogen) atoms. The number of aliphatic hydroxyl groups excluding tert-OH is 1. The quantitative estimate of drug-likeness (QED) is 0.0464. The fourth-order valence-corrected chi connectivity index (χ4v) is 9.89. The fraction of sp³-hybridized carbons (Fsp3) is 0.543. The molecule has 0 spiro atoms. The van der Waals surface area contributed by atoms with Gasteiger partial charge in [0.1, 0.15) is 5.82 Å². The Kier molecular flexibility index (Phi) is 12.0. The second-order valence-electron chi connectivity index (χ2n) is 17.0. The van der Waals surface area contributed by atoms with E-state index in [0.29, 0.717) is 43.5 Å². The molecule has 1 saturated carbocycles. The van der Waals surface area contributed by atoms with Gasteiger partial charge in [-0.05, 0) is 112 Å². The van der Waals surface area contributed by atoms with Crippen LogP contribution in [0.3, 0.4) is 0 Å². The molecule has 10 heteroatoms. The summed E-state index contributed by atoms with van der Waals surface area (Å²) < 4.78 is 12.6. The summed E-state index contributed by atoms with van der Waals surface area (Å²) in [5.41, 5.74) is -0.302. The summed E-state index contributed by atoms with van der Waals surface area (Å²) in [4.78, 5) is 44.7. The molecule has 1 aromatic carbocycles. The number of fused-ring (bicyclic) bond motifs is 3. The number of rotatable bonds is 16. The van der Waals surface area contributed by atoms with Crippen LogP contribution >= 0.6 is 0 Å². The first kappa shape index (κ1) is 40.1. The van der Waals surface area contributed by atoms with E-state index in [1.807, 2.05) is 38.3 Å². The van der Waals surface area contributed by atoms with Crippen molar-refractivity contribution in [3.8, 4) is 0 Å². The number of epoxide rings is 1. The maximum absolute atomic E-state index is 15.1. The van der Waals surface area contributed by atoms with Gasteiger partial charge in [-0.15, -0.1) is 0 Å². The number of Topliss-reactive ketones (excluding diaryl/α,β-unsaturated/α-hetero) is 2. The number of carbonyl (C=O) groups excluding carboxylic acids is 3. The number of benzene rings is 1. The first-order valence-electron chi connectivity index (χ1n) is 20.7. The minimum Gasteiger partial charge on any atom is -0.463 e. The molecule has 7 unspecified atom stereocenters. The van der Waals surface area contributed by atoms with E-state index in [0.717, 1.165) is 67.6 Å². The number of esters is 1. The lowest BCUT2D eigenvalue weighted by atomic mass is 9.67. The average molecular weight is 765 g/mol. The third-order valence-electron chi connectivity index (χ3n) is 13.2. The third kappa shape index (κ3) is 7.65. The van der Waals surface area contributed by atoms with Crippen LogP contribution in [0.25, 0.3) is 0 Å². The van der Waals surface area contributed by atoms with Gasteiger partial charge in [-0.3, -0.25) is 9.59 Å². The van der Waals surface area contributed by atoms with Crippen LogP contribution in [-0.4, -0.2) is 79.9 Å². The van der Waals surface area contributed by atoms with Crippen molar-refractivity contribution >= 4 is 17.5 Å². The van der Waals surface area contributed by atoms with Gasteiger partial charge in [0.2, 0.25) is 5.78 Å². The summed E-state index contributed by atoms with van der Waals surface area (Å²) >= 11 is 0. The van der Waals surface area contributed by atoms with Crippen LogP contribution in [-0.2, 0) is 20.7 Å². The van der Waals surface area contributed by atoms with E-state index < -0.39 is 28.7 Å². The Balaban J connectivity index is 1.18. The molecule has 2 fully saturated rings. The lowest BCUT2D eigenvalue weighted by Gasteiger charge is -2.42. The molecular formula is C46H60N4O6. The summed E-state index contributed by atoms with van der Waals surface area (Å²) in [6.07, 6.45) is 23.8. The smallest absolute Gasteiger partial charge is 0.350 e. The number of allylic oxidation sites excluding steroid dienone is 9. The number of hydrogen-bond acceptors (Lipinski definition) is 10. The van der Waals surface area contributed by atoms with Gasteiger partial charge in [0.15, 0.2) is 11.4 Å². The highest BCUT2D eigenvalue weighted by Gasteiger charge is 2.85. The molecule has 10 nitrogen and oxygen atoms in total. The van der Waals surface area contributed by atoms with Gasteiger partial charge >= 0.3 is 5.97 Å². The lowest BCUT2D eigenvalue weighted by Crippen LogP contribution is -2.52. The van der Waals surface area contributed by atoms with Crippen molar-refractivity contribution in [1.29, 1.82) is 0 Å². The predicted molar refractivity (Wildman–Crippen MR) is 218 cm³/mol. The SMILES string of the molecule is CCNC1CC2C=CCCC2CC1COC(=O)C12OC1(CC(CO)=C(C)CCC1=CCNC(NCNC)=C1)C(=O)c1cccc(CC3(C)C=CC=CC3)c1C2=O. The molecule has 0 bridgehead atoms. The molecule has 300 valence electrons. The Labute approximate surface area is 332 Å². The van der Waals surface area contributed by atoms with Gasteiger partial charge in [0, 0.05) is 36.1 Å². The molecule has 7 atom stereocenters. The highest BCUT2D eigenvalue weighted by Crippen LogP contribution is 2.60. The number of hydrogen-bond donors (Lipinski definition) is 5. The van der Waals surface area contributed by atoms with E-state index in [4.69, 9.17) is 9.47 Å². The number of carbonyl (C=O) groups is 3. The summed E-state index contributed by atoms with van der Waals surface area (Å²) in [6.45, 7) is 8.12. The van der Waals surface area contributed by atoms with Crippen LogP contribution in [0, 0.1) is 23.2 Å². The molecule has 1 aromatic rings. The molecule has 0 aromatic heterocycles. The Morgan fingerprint density at radius 1 is 1.14 bits per heavy atom. The van der Waals surface area contributed by atoms with Crippen LogP contribution in [0.5, 0.6) is 0 Å². The largest absolute Gasteiger partial charge is 0.463 e. The molecule has 7 rings (SSSR count). The van der Waals surface area contributed by atoms with Crippen LogP contribution < -0.4 is 21.3 Å².